The second-order valence-corrected chi connectivity index (χ2v) is 8.45. The van der Waals surface area contributed by atoms with Crippen molar-refractivity contribution in [2.45, 2.75) is 19.1 Å². The van der Waals surface area contributed by atoms with Crippen molar-refractivity contribution in [3.63, 3.8) is 0 Å². The number of hydrogen-bond donors (Lipinski definition) is 1. The van der Waals surface area contributed by atoms with Gasteiger partial charge in [0, 0.05) is 55.7 Å². The molecule has 4 aromatic rings. The van der Waals surface area contributed by atoms with Crippen LogP contribution in [-0.4, -0.2) is 51.5 Å². The first-order valence-electron chi connectivity index (χ1n) is 11.1. The SMILES string of the molecule is O=C(CCn1cnc2c([nH]c3ccc(F)cc32)c1=O)N1CCN(c2cccc(C(F)(F)F)c2)CC1. The molecule has 1 N–H and O–H groups in total. The number of anilines is 1. The van der Waals surface area contributed by atoms with E-state index < -0.39 is 17.6 Å². The highest BCUT2D eigenvalue weighted by Crippen LogP contribution is 2.32. The number of nitrogens with zero attached hydrogens (tertiary/aromatic N) is 4. The van der Waals surface area contributed by atoms with E-state index in [9.17, 15) is 27.2 Å². The molecule has 1 aliphatic heterocycles. The maximum absolute atomic E-state index is 13.6. The Morgan fingerprint density at radius 2 is 1.83 bits per heavy atom. The van der Waals surface area contributed by atoms with Gasteiger partial charge in [0.1, 0.15) is 16.9 Å². The number of carbonyl (C=O) groups excluding carboxylic acids is 1. The van der Waals surface area contributed by atoms with Crippen LogP contribution < -0.4 is 10.5 Å². The summed E-state index contributed by atoms with van der Waals surface area (Å²) < 4.78 is 53.9. The number of aryl methyl sites for hydroxylation is 1. The molecular weight excluding hydrogens is 466 g/mol. The van der Waals surface area contributed by atoms with E-state index in [2.05, 4.69) is 9.97 Å². The fourth-order valence-electron chi connectivity index (χ4n) is 4.39. The molecule has 5 rings (SSSR count). The van der Waals surface area contributed by atoms with Crippen molar-refractivity contribution in [2.75, 3.05) is 31.1 Å². The van der Waals surface area contributed by atoms with Gasteiger partial charge in [-0.2, -0.15) is 13.2 Å². The third-order valence-electron chi connectivity index (χ3n) is 6.27. The molecule has 1 amide bonds. The van der Waals surface area contributed by atoms with Crippen LogP contribution in [0.1, 0.15) is 12.0 Å². The van der Waals surface area contributed by atoms with Crippen molar-refractivity contribution in [1.82, 2.24) is 19.4 Å². The minimum absolute atomic E-state index is 0.0749. The number of aromatic amines is 1. The van der Waals surface area contributed by atoms with Crippen LogP contribution in [0.25, 0.3) is 21.9 Å². The molecule has 0 aliphatic carbocycles. The van der Waals surface area contributed by atoms with Gasteiger partial charge in [-0.05, 0) is 36.4 Å². The van der Waals surface area contributed by atoms with Crippen molar-refractivity contribution in [3.05, 3.63) is 70.5 Å². The molecule has 0 atom stereocenters. The highest BCUT2D eigenvalue weighted by Gasteiger charge is 2.31. The summed E-state index contributed by atoms with van der Waals surface area (Å²) in [6.07, 6.45) is -2.99. The van der Waals surface area contributed by atoms with E-state index in [1.165, 1.54) is 29.1 Å². The molecule has 3 heterocycles. The zero-order chi connectivity index (χ0) is 24.7. The Morgan fingerprint density at radius 1 is 1.06 bits per heavy atom. The Bertz CT molecular complexity index is 1470. The molecule has 1 aliphatic rings. The zero-order valence-electron chi connectivity index (χ0n) is 18.5. The van der Waals surface area contributed by atoms with Crippen LogP contribution in [0, 0.1) is 5.82 Å². The molecule has 35 heavy (non-hydrogen) atoms. The quantitative estimate of drug-likeness (QED) is 0.445. The number of carbonyl (C=O) groups is 1. The molecule has 11 heteroatoms. The van der Waals surface area contributed by atoms with E-state index >= 15 is 0 Å². The third-order valence-corrected chi connectivity index (χ3v) is 6.27. The predicted molar refractivity (Wildman–Crippen MR) is 123 cm³/mol. The maximum Gasteiger partial charge on any atom is 0.416 e. The largest absolute Gasteiger partial charge is 0.416 e. The molecule has 0 radical (unpaired) electrons. The Balaban J connectivity index is 1.23. The summed E-state index contributed by atoms with van der Waals surface area (Å²) in [5, 5.41) is 0.513. The molecule has 2 aromatic heterocycles. The number of hydrogen-bond acceptors (Lipinski definition) is 4. The zero-order valence-corrected chi connectivity index (χ0v) is 18.5. The van der Waals surface area contributed by atoms with Crippen LogP contribution in [0.15, 0.2) is 53.6 Å². The van der Waals surface area contributed by atoms with Crippen molar-refractivity contribution >= 4 is 33.5 Å². The molecule has 0 unspecified atom stereocenters. The molecule has 182 valence electrons. The second kappa shape index (κ2) is 8.71. The number of rotatable bonds is 4. The first-order chi connectivity index (χ1) is 16.7. The lowest BCUT2D eigenvalue weighted by molar-refractivity contribution is -0.137. The fourth-order valence-corrected chi connectivity index (χ4v) is 4.39. The lowest BCUT2D eigenvalue weighted by Crippen LogP contribution is -2.49. The van der Waals surface area contributed by atoms with Crippen LogP contribution in [0.5, 0.6) is 0 Å². The highest BCUT2D eigenvalue weighted by atomic mass is 19.4. The number of alkyl halides is 3. The van der Waals surface area contributed by atoms with Crippen LogP contribution in [0.2, 0.25) is 0 Å². The van der Waals surface area contributed by atoms with Gasteiger partial charge in [-0.1, -0.05) is 6.07 Å². The van der Waals surface area contributed by atoms with Gasteiger partial charge in [-0.3, -0.25) is 14.2 Å². The molecule has 2 aromatic carbocycles. The van der Waals surface area contributed by atoms with Crippen LogP contribution in [0.4, 0.5) is 23.2 Å². The molecule has 7 nitrogen and oxygen atoms in total. The van der Waals surface area contributed by atoms with Crippen molar-refractivity contribution in [1.29, 1.82) is 0 Å². The smallest absolute Gasteiger partial charge is 0.368 e. The van der Waals surface area contributed by atoms with Gasteiger partial charge in [0.15, 0.2) is 0 Å². The normalized spacial score (nSPS) is 14.7. The number of nitrogens with one attached hydrogen (secondary N) is 1. The maximum atomic E-state index is 13.6. The monoisotopic (exact) mass is 487 g/mol. The van der Waals surface area contributed by atoms with Gasteiger partial charge in [0.05, 0.1) is 11.9 Å². The van der Waals surface area contributed by atoms with Gasteiger partial charge < -0.3 is 14.8 Å². The van der Waals surface area contributed by atoms with Gasteiger partial charge in [-0.15, -0.1) is 0 Å². The average Bonchev–Trinajstić information content (AvgIpc) is 3.22. The van der Waals surface area contributed by atoms with Crippen molar-refractivity contribution in [2.24, 2.45) is 0 Å². The van der Waals surface area contributed by atoms with Gasteiger partial charge in [-0.25, -0.2) is 9.37 Å². The minimum Gasteiger partial charge on any atom is -0.368 e. The highest BCUT2D eigenvalue weighted by molar-refractivity contribution is 6.04. The molecule has 0 saturated carbocycles. The average molecular weight is 487 g/mol. The Kier molecular flexibility index (Phi) is 5.70. The topological polar surface area (TPSA) is 74.2 Å². The van der Waals surface area contributed by atoms with Gasteiger partial charge in [0.25, 0.3) is 5.56 Å². The molecule has 0 bridgehead atoms. The van der Waals surface area contributed by atoms with Gasteiger partial charge in [0.2, 0.25) is 5.91 Å². The number of aromatic nitrogens is 3. The Morgan fingerprint density at radius 3 is 2.57 bits per heavy atom. The second-order valence-electron chi connectivity index (χ2n) is 8.45. The van der Waals surface area contributed by atoms with Gasteiger partial charge >= 0.3 is 6.18 Å². The van der Waals surface area contributed by atoms with E-state index in [1.807, 2.05) is 4.90 Å². The number of benzene rings is 2. The number of halogens is 4. The summed E-state index contributed by atoms with van der Waals surface area (Å²) in [5.41, 5.74) is 0.626. The summed E-state index contributed by atoms with van der Waals surface area (Å²) in [4.78, 5) is 36.3. The van der Waals surface area contributed by atoms with E-state index in [1.54, 1.807) is 17.0 Å². The lowest BCUT2D eigenvalue weighted by Gasteiger charge is -2.36. The first-order valence-corrected chi connectivity index (χ1v) is 11.1. The standard InChI is InChI=1S/C24H21F4N5O2/c25-16-4-5-19-18(13-16)21-22(30-19)23(35)33(14-29-21)7-6-20(34)32-10-8-31(9-11-32)17-3-1-2-15(12-17)24(26,27)28/h1-5,12-14,30H,6-11H2. The number of fused-ring (bicyclic) bond motifs is 3. The summed E-state index contributed by atoms with van der Waals surface area (Å²) in [6, 6.07) is 9.30. The summed E-state index contributed by atoms with van der Waals surface area (Å²) in [7, 11) is 0. The Hall–Kier alpha value is -3.89. The Labute approximate surface area is 196 Å². The number of amides is 1. The van der Waals surface area contributed by atoms with E-state index in [-0.39, 0.29) is 29.9 Å². The summed E-state index contributed by atoms with van der Waals surface area (Å²) >= 11 is 0. The molecule has 1 saturated heterocycles. The van der Waals surface area contributed by atoms with Crippen molar-refractivity contribution in [3.8, 4) is 0 Å². The molecule has 0 spiro atoms. The van der Waals surface area contributed by atoms with E-state index in [4.69, 9.17) is 0 Å². The molecular formula is C24H21F4N5O2. The summed E-state index contributed by atoms with van der Waals surface area (Å²) in [6.45, 7) is 1.68. The predicted octanol–water partition coefficient (Wildman–Crippen LogP) is 3.77. The van der Waals surface area contributed by atoms with Crippen molar-refractivity contribution < 1.29 is 22.4 Å². The van der Waals surface area contributed by atoms with Crippen LogP contribution in [-0.2, 0) is 17.5 Å². The van der Waals surface area contributed by atoms with Crippen LogP contribution in [0.3, 0.4) is 0 Å². The first kappa shape index (κ1) is 22.9. The van der Waals surface area contributed by atoms with E-state index in [0.29, 0.717) is 48.3 Å². The molecule has 1 fully saturated rings. The van der Waals surface area contributed by atoms with E-state index in [0.717, 1.165) is 12.1 Å². The minimum atomic E-state index is -4.41. The van der Waals surface area contributed by atoms with Crippen LogP contribution >= 0.6 is 0 Å². The fraction of sp³-hybridized carbons (Fsp3) is 0.292. The summed E-state index contributed by atoms with van der Waals surface area (Å²) in [5.74, 6) is -0.581. The lowest BCUT2D eigenvalue weighted by atomic mass is 10.1. The number of piperazine rings is 1. The number of H-pyrrole nitrogens is 1. The third kappa shape index (κ3) is 4.45.